The van der Waals surface area contributed by atoms with Crippen LogP contribution < -0.4 is 15.2 Å². The Kier molecular flexibility index (Phi) is 5.06. The highest BCUT2D eigenvalue weighted by molar-refractivity contribution is 5.72. The Hall–Kier alpha value is -3.20. The summed E-state index contributed by atoms with van der Waals surface area (Å²) in [5.41, 5.74) is 9.75. The van der Waals surface area contributed by atoms with E-state index in [9.17, 15) is 0 Å². The van der Waals surface area contributed by atoms with Crippen molar-refractivity contribution in [2.45, 2.75) is 32.2 Å². The molecule has 0 saturated heterocycles. The highest BCUT2D eigenvalue weighted by Crippen LogP contribution is 2.36. The lowest BCUT2D eigenvalue weighted by Gasteiger charge is -2.28. The number of hydrogen-bond acceptors (Lipinski definition) is 3. The average Bonchev–Trinajstić information content (AvgIpc) is 3.19. The lowest BCUT2D eigenvalue weighted by Crippen LogP contribution is -2.34. The Balaban J connectivity index is 1.71. The Morgan fingerprint density at radius 2 is 1.48 bits per heavy atom. The monoisotopic (exact) mass is 384 g/mol. The van der Waals surface area contributed by atoms with Crippen molar-refractivity contribution in [2.75, 3.05) is 12.1 Å². The minimum atomic E-state index is 0.104. The zero-order valence-electron chi connectivity index (χ0n) is 17.5. The SMILES string of the molecule is COc1ccc(N2NC(c3ccccc3)=CC2c2ccc(C(C)(C)C)cc2)cc1. The van der Waals surface area contributed by atoms with Crippen molar-refractivity contribution in [3.8, 4) is 5.75 Å². The molecule has 0 bridgehead atoms. The molecule has 4 rings (SSSR count). The summed E-state index contributed by atoms with van der Waals surface area (Å²) < 4.78 is 5.33. The molecule has 0 radical (unpaired) electrons. The molecule has 0 fully saturated rings. The van der Waals surface area contributed by atoms with Crippen LogP contribution >= 0.6 is 0 Å². The van der Waals surface area contributed by atoms with E-state index >= 15 is 0 Å². The zero-order chi connectivity index (χ0) is 20.4. The van der Waals surface area contributed by atoms with Gasteiger partial charge in [-0.05, 0) is 52.4 Å². The van der Waals surface area contributed by atoms with Crippen molar-refractivity contribution in [3.05, 3.63) is 102 Å². The van der Waals surface area contributed by atoms with Crippen molar-refractivity contribution < 1.29 is 4.74 Å². The normalized spacial score (nSPS) is 16.3. The molecule has 1 unspecified atom stereocenters. The van der Waals surface area contributed by atoms with Crippen molar-refractivity contribution in [3.63, 3.8) is 0 Å². The number of hydrogen-bond donors (Lipinski definition) is 1. The van der Waals surface area contributed by atoms with Gasteiger partial charge in [-0.2, -0.15) is 0 Å². The third-order valence-electron chi connectivity index (χ3n) is 5.40. The summed E-state index contributed by atoms with van der Waals surface area (Å²) in [4.78, 5) is 0. The number of hydrazine groups is 1. The molecule has 1 aliphatic heterocycles. The predicted octanol–water partition coefficient (Wildman–Crippen LogP) is 6.10. The number of anilines is 1. The second kappa shape index (κ2) is 7.67. The standard InChI is InChI=1S/C26H28N2O/c1-26(2,3)21-12-10-20(11-13-21)25-18-24(19-8-6-5-7-9-19)27-28(25)22-14-16-23(29-4)17-15-22/h5-18,25,27H,1-4H3. The fourth-order valence-corrected chi connectivity index (χ4v) is 3.64. The first kappa shape index (κ1) is 19.1. The van der Waals surface area contributed by atoms with Gasteiger partial charge < -0.3 is 4.74 Å². The lowest BCUT2D eigenvalue weighted by molar-refractivity contribution is 0.415. The van der Waals surface area contributed by atoms with Crippen molar-refractivity contribution in [1.29, 1.82) is 0 Å². The van der Waals surface area contributed by atoms with E-state index in [-0.39, 0.29) is 11.5 Å². The van der Waals surface area contributed by atoms with E-state index in [2.05, 4.69) is 97.9 Å². The quantitative estimate of drug-likeness (QED) is 0.588. The minimum absolute atomic E-state index is 0.104. The zero-order valence-corrected chi connectivity index (χ0v) is 17.5. The molecule has 1 aliphatic rings. The number of rotatable bonds is 4. The molecule has 1 heterocycles. The van der Waals surface area contributed by atoms with Crippen LogP contribution in [0.1, 0.15) is 43.5 Å². The van der Waals surface area contributed by atoms with E-state index in [1.54, 1.807) is 7.11 Å². The number of nitrogens with one attached hydrogen (secondary N) is 1. The van der Waals surface area contributed by atoms with Gasteiger partial charge in [0.15, 0.2) is 0 Å². The van der Waals surface area contributed by atoms with Crippen LogP contribution in [0.15, 0.2) is 84.9 Å². The van der Waals surface area contributed by atoms with Gasteiger partial charge in [-0.15, -0.1) is 0 Å². The molecule has 1 N–H and O–H groups in total. The molecule has 0 aliphatic carbocycles. The third-order valence-corrected chi connectivity index (χ3v) is 5.40. The van der Waals surface area contributed by atoms with E-state index in [1.807, 2.05) is 18.2 Å². The maximum atomic E-state index is 5.33. The predicted molar refractivity (Wildman–Crippen MR) is 121 cm³/mol. The summed E-state index contributed by atoms with van der Waals surface area (Å²) in [5, 5.41) is 2.22. The fraction of sp³-hybridized carbons (Fsp3) is 0.231. The number of ether oxygens (including phenoxy) is 1. The van der Waals surface area contributed by atoms with E-state index < -0.39 is 0 Å². The van der Waals surface area contributed by atoms with Gasteiger partial charge in [0.1, 0.15) is 5.75 Å². The van der Waals surface area contributed by atoms with Gasteiger partial charge in [0.25, 0.3) is 0 Å². The van der Waals surface area contributed by atoms with Gasteiger partial charge in [-0.25, -0.2) is 0 Å². The molecule has 0 amide bonds. The maximum Gasteiger partial charge on any atom is 0.119 e. The first-order chi connectivity index (χ1) is 14.0. The lowest BCUT2D eigenvalue weighted by atomic mass is 9.86. The number of methoxy groups -OCH3 is 1. The molecule has 1 atom stereocenters. The van der Waals surface area contributed by atoms with E-state index in [0.29, 0.717) is 0 Å². The van der Waals surface area contributed by atoms with Gasteiger partial charge in [0.05, 0.1) is 24.5 Å². The third kappa shape index (κ3) is 4.00. The van der Waals surface area contributed by atoms with Crippen LogP contribution in [-0.2, 0) is 5.41 Å². The summed E-state index contributed by atoms with van der Waals surface area (Å²) >= 11 is 0. The van der Waals surface area contributed by atoms with Gasteiger partial charge in [0, 0.05) is 0 Å². The molecule has 3 nitrogen and oxygen atoms in total. The first-order valence-electron chi connectivity index (χ1n) is 10.0. The van der Waals surface area contributed by atoms with Crippen LogP contribution in [0.4, 0.5) is 5.69 Å². The van der Waals surface area contributed by atoms with Gasteiger partial charge in [-0.1, -0.05) is 75.4 Å². The van der Waals surface area contributed by atoms with Gasteiger partial charge in [0.2, 0.25) is 0 Å². The van der Waals surface area contributed by atoms with Crippen molar-refractivity contribution in [1.82, 2.24) is 5.43 Å². The molecule has 0 aromatic heterocycles. The van der Waals surface area contributed by atoms with E-state index in [0.717, 1.165) is 17.1 Å². The number of benzene rings is 3. The van der Waals surface area contributed by atoms with Crippen LogP contribution in [0, 0.1) is 0 Å². The van der Waals surface area contributed by atoms with Crippen LogP contribution in [0.5, 0.6) is 5.75 Å². The molecule has 0 saturated carbocycles. The molecular weight excluding hydrogens is 356 g/mol. The van der Waals surface area contributed by atoms with Crippen LogP contribution in [0.2, 0.25) is 0 Å². The van der Waals surface area contributed by atoms with E-state index in [4.69, 9.17) is 4.74 Å². The number of nitrogens with zero attached hydrogens (tertiary/aromatic N) is 1. The largest absolute Gasteiger partial charge is 0.497 e. The summed E-state index contributed by atoms with van der Waals surface area (Å²) in [6, 6.07) is 27.7. The Morgan fingerprint density at radius 1 is 0.828 bits per heavy atom. The second-order valence-corrected chi connectivity index (χ2v) is 8.44. The molecule has 3 heteroatoms. The highest BCUT2D eigenvalue weighted by Gasteiger charge is 2.27. The molecule has 3 aromatic carbocycles. The van der Waals surface area contributed by atoms with Crippen LogP contribution in [0.3, 0.4) is 0 Å². The van der Waals surface area contributed by atoms with Gasteiger partial charge in [-0.3, -0.25) is 10.4 Å². The van der Waals surface area contributed by atoms with Gasteiger partial charge >= 0.3 is 0 Å². The molecule has 0 spiro atoms. The van der Waals surface area contributed by atoms with E-state index in [1.165, 1.54) is 16.7 Å². The highest BCUT2D eigenvalue weighted by atomic mass is 16.5. The Labute approximate surface area is 173 Å². The molecule has 3 aromatic rings. The second-order valence-electron chi connectivity index (χ2n) is 8.44. The summed E-state index contributed by atoms with van der Waals surface area (Å²) in [7, 11) is 1.69. The molecular formula is C26H28N2O. The fourth-order valence-electron chi connectivity index (χ4n) is 3.64. The Morgan fingerprint density at radius 3 is 2.07 bits per heavy atom. The summed E-state index contributed by atoms with van der Waals surface area (Å²) in [5.74, 6) is 0.857. The maximum absolute atomic E-state index is 5.33. The summed E-state index contributed by atoms with van der Waals surface area (Å²) in [6.45, 7) is 6.74. The van der Waals surface area contributed by atoms with Crippen molar-refractivity contribution in [2.24, 2.45) is 0 Å². The molecule has 148 valence electrons. The van der Waals surface area contributed by atoms with Crippen LogP contribution in [0.25, 0.3) is 5.70 Å². The Bertz CT molecular complexity index is 984. The topological polar surface area (TPSA) is 24.5 Å². The summed E-state index contributed by atoms with van der Waals surface area (Å²) in [6.07, 6.45) is 2.30. The first-order valence-corrected chi connectivity index (χ1v) is 10.0. The minimum Gasteiger partial charge on any atom is -0.497 e. The van der Waals surface area contributed by atoms with Crippen molar-refractivity contribution >= 4 is 11.4 Å². The van der Waals surface area contributed by atoms with Crippen LogP contribution in [-0.4, -0.2) is 7.11 Å². The molecule has 29 heavy (non-hydrogen) atoms. The average molecular weight is 385 g/mol. The smallest absolute Gasteiger partial charge is 0.119 e.